The average molecular weight is 254 g/mol. The summed E-state index contributed by atoms with van der Waals surface area (Å²) in [6, 6.07) is 5.96. The Morgan fingerprint density at radius 1 is 1.11 bits per heavy atom. The van der Waals surface area contributed by atoms with Crippen molar-refractivity contribution in [3.8, 4) is 0 Å². The second-order valence-corrected chi connectivity index (χ2v) is 4.93. The maximum absolute atomic E-state index is 4.56. The van der Waals surface area contributed by atoms with Gasteiger partial charge in [-0.1, -0.05) is 12.1 Å². The van der Waals surface area contributed by atoms with Gasteiger partial charge in [-0.15, -0.1) is 0 Å². The van der Waals surface area contributed by atoms with E-state index >= 15 is 0 Å². The molecule has 0 spiro atoms. The van der Waals surface area contributed by atoms with E-state index in [4.69, 9.17) is 0 Å². The summed E-state index contributed by atoms with van der Waals surface area (Å²) in [6.07, 6.45) is 6.72. The lowest BCUT2D eigenvalue weighted by Gasteiger charge is -2.24. The standard InChI is InChI=1S/C15H18N4/c1-18-10-11-19(2)15(18)12-6-5-9-17-14(12)13-7-3-4-8-16-13/h3-5,7-9H,6,10-11H2,1-2H3. The minimum absolute atomic E-state index is 0.916. The fourth-order valence-corrected chi connectivity index (χ4v) is 2.66. The number of hydrogen-bond donors (Lipinski definition) is 0. The van der Waals surface area contributed by atoms with E-state index in [1.807, 2.05) is 30.6 Å². The fraction of sp³-hybridized carbons (Fsp3) is 0.333. The molecule has 3 rings (SSSR count). The Morgan fingerprint density at radius 3 is 2.58 bits per heavy atom. The molecule has 1 fully saturated rings. The second kappa shape index (κ2) is 4.88. The zero-order valence-corrected chi connectivity index (χ0v) is 11.4. The summed E-state index contributed by atoms with van der Waals surface area (Å²) >= 11 is 0. The van der Waals surface area contributed by atoms with Crippen LogP contribution in [0.5, 0.6) is 0 Å². The maximum atomic E-state index is 4.56. The highest BCUT2D eigenvalue weighted by molar-refractivity contribution is 6.12. The van der Waals surface area contributed by atoms with Gasteiger partial charge in [0.2, 0.25) is 0 Å². The number of aliphatic imine (C=N–C) groups is 1. The topological polar surface area (TPSA) is 31.7 Å². The molecule has 0 unspecified atom stereocenters. The molecule has 0 aromatic carbocycles. The van der Waals surface area contributed by atoms with Gasteiger partial charge in [0.25, 0.3) is 0 Å². The van der Waals surface area contributed by atoms with E-state index in [1.54, 1.807) is 0 Å². The van der Waals surface area contributed by atoms with E-state index < -0.39 is 0 Å². The number of rotatable bonds is 1. The van der Waals surface area contributed by atoms with E-state index in [9.17, 15) is 0 Å². The van der Waals surface area contributed by atoms with Crippen LogP contribution in [-0.4, -0.2) is 47.7 Å². The van der Waals surface area contributed by atoms with Crippen molar-refractivity contribution in [1.29, 1.82) is 0 Å². The number of pyridine rings is 1. The summed E-state index contributed by atoms with van der Waals surface area (Å²) in [4.78, 5) is 13.6. The Bertz CT molecular complexity index is 545. The van der Waals surface area contributed by atoms with Crippen LogP contribution in [0.4, 0.5) is 0 Å². The van der Waals surface area contributed by atoms with Crippen LogP contribution in [0.3, 0.4) is 0 Å². The maximum Gasteiger partial charge on any atom is 0.109 e. The zero-order valence-electron chi connectivity index (χ0n) is 11.4. The predicted octanol–water partition coefficient (Wildman–Crippen LogP) is 1.88. The summed E-state index contributed by atoms with van der Waals surface area (Å²) in [5.74, 6) is 1.27. The van der Waals surface area contributed by atoms with Crippen LogP contribution in [0, 0.1) is 0 Å². The molecule has 0 aliphatic carbocycles. The number of hydrogen-bond acceptors (Lipinski definition) is 4. The Morgan fingerprint density at radius 2 is 1.89 bits per heavy atom. The molecule has 1 aromatic rings. The van der Waals surface area contributed by atoms with Crippen molar-refractivity contribution >= 4 is 5.71 Å². The monoisotopic (exact) mass is 254 g/mol. The second-order valence-electron chi connectivity index (χ2n) is 4.93. The van der Waals surface area contributed by atoms with Gasteiger partial charge in [0.05, 0.1) is 11.4 Å². The van der Waals surface area contributed by atoms with Crippen LogP contribution in [0.25, 0.3) is 0 Å². The third kappa shape index (κ3) is 2.14. The normalized spacial score (nSPS) is 19.2. The summed E-state index contributed by atoms with van der Waals surface area (Å²) in [5, 5.41) is 0. The molecule has 2 aliphatic rings. The average Bonchev–Trinajstić information content (AvgIpc) is 2.79. The zero-order chi connectivity index (χ0) is 13.2. The first-order chi connectivity index (χ1) is 9.27. The molecule has 0 saturated carbocycles. The van der Waals surface area contributed by atoms with Crippen LogP contribution in [0.15, 0.2) is 53.1 Å². The Balaban J connectivity index is 2.09. The summed E-state index contributed by atoms with van der Waals surface area (Å²) < 4.78 is 0. The Labute approximate surface area is 113 Å². The van der Waals surface area contributed by atoms with E-state index in [0.29, 0.717) is 0 Å². The molecule has 0 amide bonds. The minimum Gasteiger partial charge on any atom is -0.359 e. The van der Waals surface area contributed by atoms with Gasteiger partial charge in [-0.3, -0.25) is 9.98 Å². The first-order valence-electron chi connectivity index (χ1n) is 6.57. The van der Waals surface area contributed by atoms with Crippen LogP contribution in [0.1, 0.15) is 12.1 Å². The number of likely N-dealkylation sites (N-methyl/N-ethyl adjacent to an activating group) is 2. The number of aromatic nitrogens is 1. The summed E-state index contributed by atoms with van der Waals surface area (Å²) in [5.41, 5.74) is 3.21. The van der Waals surface area contributed by atoms with Crippen molar-refractivity contribution in [2.24, 2.45) is 4.99 Å². The highest BCUT2D eigenvalue weighted by Crippen LogP contribution is 2.26. The van der Waals surface area contributed by atoms with E-state index in [-0.39, 0.29) is 0 Å². The number of allylic oxidation sites excluding steroid dienone is 2. The molecule has 4 heteroatoms. The molecule has 0 N–H and O–H groups in total. The first-order valence-corrected chi connectivity index (χ1v) is 6.57. The van der Waals surface area contributed by atoms with Gasteiger partial charge in [0.15, 0.2) is 0 Å². The number of nitrogens with zero attached hydrogens (tertiary/aromatic N) is 4. The molecule has 2 aliphatic heterocycles. The molecule has 3 heterocycles. The van der Waals surface area contributed by atoms with Gasteiger partial charge in [-0.05, 0) is 18.6 Å². The van der Waals surface area contributed by atoms with Crippen molar-refractivity contribution in [2.75, 3.05) is 27.2 Å². The van der Waals surface area contributed by atoms with Crippen molar-refractivity contribution < 1.29 is 0 Å². The van der Waals surface area contributed by atoms with Crippen LogP contribution < -0.4 is 0 Å². The Kier molecular flexibility index (Phi) is 3.07. The first kappa shape index (κ1) is 12.0. The molecule has 1 saturated heterocycles. The van der Waals surface area contributed by atoms with Gasteiger partial charge < -0.3 is 9.80 Å². The quantitative estimate of drug-likeness (QED) is 0.767. The largest absolute Gasteiger partial charge is 0.359 e. The Hall–Kier alpha value is -2.10. The molecule has 19 heavy (non-hydrogen) atoms. The molecular formula is C15H18N4. The molecule has 0 radical (unpaired) electrons. The molecule has 98 valence electrons. The van der Waals surface area contributed by atoms with E-state index in [2.05, 4.69) is 39.9 Å². The van der Waals surface area contributed by atoms with Crippen molar-refractivity contribution in [1.82, 2.24) is 14.8 Å². The molecule has 1 aromatic heterocycles. The van der Waals surface area contributed by atoms with E-state index in [1.165, 1.54) is 11.4 Å². The third-order valence-corrected chi connectivity index (χ3v) is 3.59. The van der Waals surface area contributed by atoms with Gasteiger partial charge >= 0.3 is 0 Å². The lowest BCUT2D eigenvalue weighted by Crippen LogP contribution is -2.23. The van der Waals surface area contributed by atoms with Gasteiger partial charge in [-0.2, -0.15) is 0 Å². The molecule has 0 bridgehead atoms. The summed E-state index contributed by atoms with van der Waals surface area (Å²) in [7, 11) is 4.28. The minimum atomic E-state index is 0.916. The lowest BCUT2D eigenvalue weighted by molar-refractivity contribution is 0.417. The van der Waals surface area contributed by atoms with Crippen LogP contribution in [-0.2, 0) is 0 Å². The molecular weight excluding hydrogens is 236 g/mol. The van der Waals surface area contributed by atoms with Gasteiger partial charge in [0.1, 0.15) is 5.82 Å². The van der Waals surface area contributed by atoms with Crippen LogP contribution >= 0.6 is 0 Å². The van der Waals surface area contributed by atoms with Crippen LogP contribution in [0.2, 0.25) is 0 Å². The van der Waals surface area contributed by atoms with Crippen molar-refractivity contribution in [2.45, 2.75) is 6.42 Å². The van der Waals surface area contributed by atoms with Gasteiger partial charge in [-0.25, -0.2) is 0 Å². The third-order valence-electron chi connectivity index (χ3n) is 3.59. The smallest absolute Gasteiger partial charge is 0.109 e. The highest BCUT2D eigenvalue weighted by atomic mass is 15.4. The lowest BCUT2D eigenvalue weighted by atomic mass is 10.0. The molecule has 4 nitrogen and oxygen atoms in total. The molecule has 0 atom stereocenters. The fourth-order valence-electron chi connectivity index (χ4n) is 2.66. The van der Waals surface area contributed by atoms with Crippen molar-refractivity contribution in [3.05, 3.63) is 53.8 Å². The SMILES string of the molecule is CN1CCN(C)C1=C1CC=CN=C1c1ccccn1. The summed E-state index contributed by atoms with van der Waals surface area (Å²) in [6.45, 7) is 2.13. The van der Waals surface area contributed by atoms with Gasteiger partial charge in [0, 0.05) is 45.2 Å². The highest BCUT2D eigenvalue weighted by Gasteiger charge is 2.26. The predicted molar refractivity (Wildman–Crippen MR) is 76.8 cm³/mol. The van der Waals surface area contributed by atoms with E-state index in [0.717, 1.165) is 30.9 Å². The van der Waals surface area contributed by atoms with Crippen molar-refractivity contribution in [3.63, 3.8) is 0 Å².